The fourth-order valence-corrected chi connectivity index (χ4v) is 2.52. The molecule has 0 bridgehead atoms. The highest BCUT2D eigenvalue weighted by atomic mass is 35.5. The maximum absolute atomic E-state index is 10.3. The van der Waals surface area contributed by atoms with E-state index in [1.54, 1.807) is 6.20 Å². The van der Waals surface area contributed by atoms with Crippen molar-refractivity contribution in [2.24, 2.45) is 0 Å². The second-order valence-corrected chi connectivity index (χ2v) is 6.03. The summed E-state index contributed by atoms with van der Waals surface area (Å²) in [5.41, 5.74) is 0.768. The Morgan fingerprint density at radius 2 is 2.00 bits per heavy atom. The van der Waals surface area contributed by atoms with E-state index in [-0.39, 0.29) is 0 Å². The molecule has 5 heteroatoms. The molecule has 0 fully saturated rings. The third-order valence-corrected chi connectivity index (χ3v) is 3.78. The summed E-state index contributed by atoms with van der Waals surface area (Å²) in [5.74, 6) is 0. The van der Waals surface area contributed by atoms with Gasteiger partial charge in [0.15, 0.2) is 0 Å². The third kappa shape index (κ3) is 5.81. The molecule has 1 aromatic rings. The zero-order valence-corrected chi connectivity index (χ0v) is 13.7. The van der Waals surface area contributed by atoms with Gasteiger partial charge in [0, 0.05) is 6.54 Å². The lowest BCUT2D eigenvalue weighted by atomic mass is 10.1. The number of halogens is 1. The van der Waals surface area contributed by atoms with Crippen molar-refractivity contribution in [1.82, 2.24) is 14.7 Å². The van der Waals surface area contributed by atoms with Gasteiger partial charge in [0.2, 0.25) is 0 Å². The Bertz CT molecular complexity index is 379. The van der Waals surface area contributed by atoms with Crippen molar-refractivity contribution in [3.8, 4) is 0 Å². The molecule has 1 atom stereocenters. The fraction of sp³-hybridized carbons (Fsp3) is 0.800. The Labute approximate surface area is 127 Å². The van der Waals surface area contributed by atoms with Crippen molar-refractivity contribution in [3.63, 3.8) is 0 Å². The maximum Gasteiger partial charge on any atom is 0.0971 e. The summed E-state index contributed by atoms with van der Waals surface area (Å²) in [4.78, 5) is 2.09. The third-order valence-electron chi connectivity index (χ3n) is 3.49. The summed E-state index contributed by atoms with van der Waals surface area (Å²) in [5, 5.41) is 15.2. The maximum atomic E-state index is 10.3. The van der Waals surface area contributed by atoms with Crippen LogP contribution in [0.3, 0.4) is 0 Å². The van der Waals surface area contributed by atoms with Crippen molar-refractivity contribution < 1.29 is 5.11 Å². The molecule has 1 unspecified atom stereocenters. The smallest absolute Gasteiger partial charge is 0.0971 e. The first-order chi connectivity index (χ1) is 9.56. The Kier molecular flexibility index (Phi) is 8.19. The predicted octanol–water partition coefficient (Wildman–Crippen LogP) is 3.49. The molecule has 116 valence electrons. The molecule has 0 radical (unpaired) electrons. The molecular weight excluding hydrogens is 274 g/mol. The molecule has 0 saturated carbocycles. The molecule has 0 aromatic carbocycles. The van der Waals surface area contributed by atoms with Crippen molar-refractivity contribution in [3.05, 3.63) is 16.9 Å². The molecular formula is C15H28ClN3O. The van der Waals surface area contributed by atoms with Gasteiger partial charge in [0.25, 0.3) is 0 Å². The lowest BCUT2D eigenvalue weighted by molar-refractivity contribution is 0.151. The van der Waals surface area contributed by atoms with E-state index in [9.17, 15) is 5.11 Å². The Balaban J connectivity index is 2.49. The van der Waals surface area contributed by atoms with Crippen LogP contribution in [0.25, 0.3) is 0 Å². The first-order valence-electron chi connectivity index (χ1n) is 7.60. The molecule has 1 heterocycles. The Morgan fingerprint density at radius 1 is 1.30 bits per heavy atom. The number of hydrogen-bond donors (Lipinski definition) is 1. The van der Waals surface area contributed by atoms with E-state index in [1.165, 1.54) is 25.7 Å². The Morgan fingerprint density at radius 3 is 2.65 bits per heavy atom. The molecule has 1 rings (SSSR count). The van der Waals surface area contributed by atoms with Gasteiger partial charge in [-0.15, -0.1) is 0 Å². The normalized spacial score (nSPS) is 13.1. The molecule has 1 N–H and O–H groups in total. The number of aromatic nitrogens is 2. The highest BCUT2D eigenvalue weighted by Crippen LogP contribution is 2.26. The summed E-state index contributed by atoms with van der Waals surface area (Å²) in [6.45, 7) is 3.84. The van der Waals surface area contributed by atoms with Gasteiger partial charge in [-0.1, -0.05) is 50.6 Å². The quantitative estimate of drug-likeness (QED) is 0.673. The lowest BCUT2D eigenvalue weighted by Gasteiger charge is -2.16. The summed E-state index contributed by atoms with van der Waals surface area (Å²) < 4.78 is 1.83. The molecule has 1 aromatic heterocycles. The minimum Gasteiger partial charge on any atom is -0.387 e. The largest absolute Gasteiger partial charge is 0.387 e. The number of nitrogens with zero attached hydrogens (tertiary/aromatic N) is 3. The summed E-state index contributed by atoms with van der Waals surface area (Å²) in [6.07, 6.45) is 7.86. The van der Waals surface area contributed by atoms with E-state index in [2.05, 4.69) is 16.9 Å². The van der Waals surface area contributed by atoms with Crippen molar-refractivity contribution in [2.75, 3.05) is 20.6 Å². The average molecular weight is 302 g/mol. The van der Waals surface area contributed by atoms with Crippen LogP contribution in [-0.2, 0) is 6.54 Å². The van der Waals surface area contributed by atoms with Gasteiger partial charge in [0.05, 0.1) is 29.6 Å². The van der Waals surface area contributed by atoms with Gasteiger partial charge in [-0.2, -0.15) is 5.10 Å². The summed E-state index contributed by atoms with van der Waals surface area (Å²) in [6, 6.07) is 0. The van der Waals surface area contributed by atoms with Crippen LogP contribution in [0.5, 0.6) is 0 Å². The highest BCUT2D eigenvalue weighted by Gasteiger charge is 2.17. The van der Waals surface area contributed by atoms with Crippen molar-refractivity contribution in [2.45, 2.75) is 58.1 Å². The van der Waals surface area contributed by atoms with Crippen LogP contribution < -0.4 is 0 Å². The fourth-order valence-electron chi connectivity index (χ4n) is 2.25. The first-order valence-corrected chi connectivity index (χ1v) is 7.98. The number of aliphatic hydroxyl groups excluding tert-OH is 1. The van der Waals surface area contributed by atoms with Crippen LogP contribution in [0, 0.1) is 0 Å². The topological polar surface area (TPSA) is 41.3 Å². The molecule has 0 aliphatic carbocycles. The number of rotatable bonds is 10. The van der Waals surface area contributed by atoms with Crippen LogP contribution in [0.4, 0.5) is 0 Å². The SMILES string of the molecule is CCCCCCCC(O)c1c(Cl)cnn1CCN(C)C. The molecule has 0 saturated heterocycles. The molecule has 0 amide bonds. The molecule has 4 nitrogen and oxygen atoms in total. The minimum absolute atomic E-state index is 0.506. The van der Waals surface area contributed by atoms with E-state index in [1.807, 2.05) is 18.8 Å². The van der Waals surface area contributed by atoms with Crippen LogP contribution in [-0.4, -0.2) is 40.4 Å². The lowest BCUT2D eigenvalue weighted by Crippen LogP contribution is -2.21. The first kappa shape index (κ1) is 17.5. The van der Waals surface area contributed by atoms with E-state index in [0.29, 0.717) is 5.02 Å². The zero-order valence-electron chi connectivity index (χ0n) is 13.0. The molecule has 20 heavy (non-hydrogen) atoms. The monoisotopic (exact) mass is 301 g/mol. The van der Waals surface area contributed by atoms with Gasteiger partial charge < -0.3 is 10.0 Å². The average Bonchev–Trinajstić information content (AvgIpc) is 2.77. The number of unbranched alkanes of at least 4 members (excludes halogenated alkanes) is 4. The summed E-state index contributed by atoms with van der Waals surface area (Å²) in [7, 11) is 4.05. The van der Waals surface area contributed by atoms with Gasteiger partial charge >= 0.3 is 0 Å². The standard InChI is InChI=1S/C15H28ClN3O/c1-4-5-6-7-8-9-14(20)15-13(16)12-17-19(15)11-10-18(2)3/h12,14,20H,4-11H2,1-3H3. The zero-order chi connectivity index (χ0) is 15.0. The second kappa shape index (κ2) is 9.37. The van der Waals surface area contributed by atoms with E-state index in [0.717, 1.165) is 31.6 Å². The molecule has 0 aliphatic rings. The second-order valence-electron chi connectivity index (χ2n) is 5.62. The van der Waals surface area contributed by atoms with Crippen LogP contribution in [0.1, 0.15) is 57.2 Å². The van der Waals surface area contributed by atoms with E-state index in [4.69, 9.17) is 11.6 Å². The van der Waals surface area contributed by atoms with E-state index >= 15 is 0 Å². The van der Waals surface area contributed by atoms with Crippen molar-refractivity contribution >= 4 is 11.6 Å². The highest BCUT2D eigenvalue weighted by molar-refractivity contribution is 6.31. The van der Waals surface area contributed by atoms with Gasteiger partial charge in [0.1, 0.15) is 0 Å². The van der Waals surface area contributed by atoms with E-state index < -0.39 is 6.10 Å². The van der Waals surface area contributed by atoms with Crippen LogP contribution in [0.2, 0.25) is 5.02 Å². The van der Waals surface area contributed by atoms with Gasteiger partial charge in [-0.25, -0.2) is 0 Å². The van der Waals surface area contributed by atoms with Crippen molar-refractivity contribution in [1.29, 1.82) is 0 Å². The Hall–Kier alpha value is -0.580. The minimum atomic E-state index is -0.506. The van der Waals surface area contributed by atoms with Crippen LogP contribution >= 0.6 is 11.6 Å². The molecule has 0 aliphatic heterocycles. The number of aliphatic hydroxyl groups is 1. The molecule has 0 spiro atoms. The van der Waals surface area contributed by atoms with Gasteiger partial charge in [-0.05, 0) is 20.5 Å². The summed E-state index contributed by atoms with van der Waals surface area (Å²) >= 11 is 6.16. The van der Waals surface area contributed by atoms with Gasteiger partial charge in [-0.3, -0.25) is 4.68 Å². The number of likely N-dealkylation sites (N-methyl/N-ethyl adjacent to an activating group) is 1. The van der Waals surface area contributed by atoms with Crippen LogP contribution in [0.15, 0.2) is 6.20 Å². The predicted molar refractivity (Wildman–Crippen MR) is 84.1 cm³/mol. The number of hydrogen-bond acceptors (Lipinski definition) is 3.